The van der Waals surface area contributed by atoms with Gasteiger partial charge in [0.25, 0.3) is 0 Å². The molecule has 0 fully saturated rings. The summed E-state index contributed by atoms with van der Waals surface area (Å²) in [5.74, 6) is 0.262. The number of thiophene rings is 1. The minimum absolute atomic E-state index is 0.0186. The average Bonchev–Trinajstić information content (AvgIpc) is 3.03. The lowest BCUT2D eigenvalue weighted by molar-refractivity contribution is -0.126. The molecule has 0 aliphatic carbocycles. The molecule has 0 saturated heterocycles. The summed E-state index contributed by atoms with van der Waals surface area (Å²) in [6.45, 7) is 5.28. The van der Waals surface area contributed by atoms with E-state index in [4.69, 9.17) is 0 Å². The Hall–Kier alpha value is -2.07. The number of aromatic hydroxyl groups is 1. The third kappa shape index (κ3) is 4.21. The summed E-state index contributed by atoms with van der Waals surface area (Å²) in [4.78, 5) is 15.2. The number of aryl methyl sites for hydroxylation is 1. The number of nitrogens with zero attached hydrogens (tertiary/aromatic N) is 1. The van der Waals surface area contributed by atoms with Crippen LogP contribution < -0.4 is 0 Å². The fraction of sp³-hybridized carbons (Fsp3) is 0.278. The molecule has 3 nitrogen and oxygen atoms in total. The molecule has 0 spiro atoms. The van der Waals surface area contributed by atoms with Gasteiger partial charge >= 0.3 is 0 Å². The Bertz CT molecular complexity index is 647. The van der Waals surface area contributed by atoms with Crippen LogP contribution in [0.1, 0.15) is 29.9 Å². The molecule has 2 rings (SSSR count). The lowest BCUT2D eigenvalue weighted by Crippen LogP contribution is -2.28. The first-order chi connectivity index (χ1) is 10.6. The van der Waals surface area contributed by atoms with Crippen molar-refractivity contribution in [2.45, 2.75) is 26.8 Å². The number of benzene rings is 1. The number of phenols is 1. The van der Waals surface area contributed by atoms with Crippen molar-refractivity contribution in [3.05, 3.63) is 57.8 Å². The first-order valence-electron chi connectivity index (χ1n) is 7.45. The third-order valence-corrected chi connectivity index (χ3v) is 4.39. The predicted octanol–water partition coefficient (Wildman–Crippen LogP) is 4.08. The maximum absolute atomic E-state index is 12.3. The molecule has 2 aromatic rings. The minimum atomic E-state index is -0.0186. The van der Waals surface area contributed by atoms with Crippen LogP contribution in [0, 0.1) is 0 Å². The summed E-state index contributed by atoms with van der Waals surface area (Å²) in [5.41, 5.74) is 1.74. The molecule has 0 radical (unpaired) electrons. The van der Waals surface area contributed by atoms with Gasteiger partial charge in [0, 0.05) is 17.5 Å². The van der Waals surface area contributed by atoms with Crippen LogP contribution in [0.15, 0.2) is 41.8 Å². The van der Waals surface area contributed by atoms with E-state index in [2.05, 4.69) is 0 Å². The summed E-state index contributed by atoms with van der Waals surface area (Å²) < 4.78 is 0. The molecule has 0 aliphatic rings. The Morgan fingerprint density at radius 2 is 2.14 bits per heavy atom. The molecule has 1 heterocycles. The van der Waals surface area contributed by atoms with Crippen LogP contribution in [0.3, 0.4) is 0 Å². The zero-order valence-corrected chi connectivity index (χ0v) is 13.8. The summed E-state index contributed by atoms with van der Waals surface area (Å²) in [6.07, 6.45) is 4.11. The highest BCUT2D eigenvalue weighted by Crippen LogP contribution is 2.20. The molecule has 1 N–H and O–H groups in total. The van der Waals surface area contributed by atoms with E-state index < -0.39 is 0 Å². The number of amides is 1. The lowest BCUT2D eigenvalue weighted by Gasteiger charge is -2.18. The van der Waals surface area contributed by atoms with Gasteiger partial charge in [-0.1, -0.05) is 25.1 Å². The molecule has 1 aromatic carbocycles. The molecule has 0 bridgehead atoms. The van der Waals surface area contributed by atoms with Crippen molar-refractivity contribution in [2.75, 3.05) is 6.54 Å². The molecule has 1 amide bonds. The monoisotopic (exact) mass is 315 g/mol. The summed E-state index contributed by atoms with van der Waals surface area (Å²) in [7, 11) is 0. The molecule has 1 aromatic heterocycles. The Morgan fingerprint density at radius 1 is 1.32 bits per heavy atom. The SMILES string of the molecule is CCc1ccc(/C=C/C(=O)N(CC)Cc2cccs2)cc1O. The van der Waals surface area contributed by atoms with E-state index in [0.29, 0.717) is 13.1 Å². The highest BCUT2D eigenvalue weighted by molar-refractivity contribution is 7.09. The van der Waals surface area contributed by atoms with Crippen molar-refractivity contribution in [3.63, 3.8) is 0 Å². The van der Waals surface area contributed by atoms with E-state index in [0.717, 1.165) is 17.5 Å². The number of phenolic OH excluding ortho intramolecular Hbond substituents is 1. The topological polar surface area (TPSA) is 40.5 Å². The fourth-order valence-electron chi connectivity index (χ4n) is 2.19. The molecule has 0 saturated carbocycles. The number of carbonyl (C=O) groups excluding carboxylic acids is 1. The van der Waals surface area contributed by atoms with Crippen molar-refractivity contribution in [2.24, 2.45) is 0 Å². The van der Waals surface area contributed by atoms with Gasteiger partial charge in [-0.25, -0.2) is 0 Å². The molecular weight excluding hydrogens is 294 g/mol. The number of hydrogen-bond donors (Lipinski definition) is 1. The highest BCUT2D eigenvalue weighted by Gasteiger charge is 2.09. The van der Waals surface area contributed by atoms with Crippen molar-refractivity contribution >= 4 is 23.3 Å². The maximum Gasteiger partial charge on any atom is 0.246 e. The molecule has 116 valence electrons. The maximum atomic E-state index is 12.3. The molecule has 0 unspecified atom stereocenters. The Kier molecular flexibility index (Phi) is 5.78. The van der Waals surface area contributed by atoms with Gasteiger partial charge in [-0.15, -0.1) is 11.3 Å². The van der Waals surface area contributed by atoms with Crippen LogP contribution in [-0.2, 0) is 17.8 Å². The van der Waals surface area contributed by atoms with Gasteiger partial charge in [-0.2, -0.15) is 0 Å². The second-order valence-corrected chi connectivity index (χ2v) is 6.04. The van der Waals surface area contributed by atoms with Crippen LogP contribution >= 0.6 is 11.3 Å². The van der Waals surface area contributed by atoms with E-state index in [1.807, 2.05) is 43.5 Å². The standard InChI is InChI=1S/C18H21NO2S/c1-3-15-9-7-14(12-17(15)20)8-10-18(21)19(4-2)13-16-6-5-11-22-16/h5-12,20H,3-4,13H2,1-2H3/b10-8+. The van der Waals surface area contributed by atoms with E-state index in [1.54, 1.807) is 34.5 Å². The Balaban J connectivity index is 2.04. The quantitative estimate of drug-likeness (QED) is 0.816. The van der Waals surface area contributed by atoms with Gasteiger partial charge in [0.05, 0.1) is 6.54 Å². The number of likely N-dealkylation sites (N-methyl/N-ethyl adjacent to an activating group) is 1. The molecule has 4 heteroatoms. The minimum Gasteiger partial charge on any atom is -0.508 e. The number of rotatable bonds is 6. The van der Waals surface area contributed by atoms with E-state index in [-0.39, 0.29) is 11.7 Å². The number of hydrogen-bond acceptors (Lipinski definition) is 3. The summed E-state index contributed by atoms with van der Waals surface area (Å²) in [6, 6.07) is 9.52. The van der Waals surface area contributed by atoms with E-state index >= 15 is 0 Å². The van der Waals surface area contributed by atoms with Crippen LogP contribution in [0.5, 0.6) is 5.75 Å². The molecule has 22 heavy (non-hydrogen) atoms. The predicted molar refractivity (Wildman–Crippen MR) is 91.9 cm³/mol. The molecule has 0 aliphatic heterocycles. The average molecular weight is 315 g/mol. The van der Waals surface area contributed by atoms with Gasteiger partial charge < -0.3 is 10.0 Å². The number of carbonyl (C=O) groups is 1. The second kappa shape index (κ2) is 7.80. The van der Waals surface area contributed by atoms with E-state index in [9.17, 15) is 9.90 Å². The first-order valence-corrected chi connectivity index (χ1v) is 8.33. The zero-order valence-electron chi connectivity index (χ0n) is 13.0. The highest BCUT2D eigenvalue weighted by atomic mass is 32.1. The van der Waals surface area contributed by atoms with Gasteiger partial charge in [-0.05, 0) is 48.1 Å². The van der Waals surface area contributed by atoms with Gasteiger partial charge in [0.1, 0.15) is 5.75 Å². The first kappa shape index (κ1) is 16.3. The van der Waals surface area contributed by atoms with Gasteiger partial charge in [-0.3, -0.25) is 4.79 Å². The van der Waals surface area contributed by atoms with Crippen molar-refractivity contribution in [1.29, 1.82) is 0 Å². The van der Waals surface area contributed by atoms with Crippen LogP contribution in [0.25, 0.3) is 6.08 Å². The summed E-state index contributed by atoms with van der Waals surface area (Å²) in [5, 5.41) is 11.9. The largest absolute Gasteiger partial charge is 0.508 e. The second-order valence-electron chi connectivity index (χ2n) is 5.01. The Labute approximate surface area is 135 Å². The molecular formula is C18H21NO2S. The van der Waals surface area contributed by atoms with Crippen LogP contribution in [0.4, 0.5) is 0 Å². The van der Waals surface area contributed by atoms with E-state index in [1.165, 1.54) is 4.88 Å². The van der Waals surface area contributed by atoms with Crippen LogP contribution in [-0.4, -0.2) is 22.5 Å². The van der Waals surface area contributed by atoms with Crippen LogP contribution in [0.2, 0.25) is 0 Å². The van der Waals surface area contributed by atoms with Crippen molar-refractivity contribution in [3.8, 4) is 5.75 Å². The van der Waals surface area contributed by atoms with Crippen molar-refractivity contribution < 1.29 is 9.90 Å². The fourth-order valence-corrected chi connectivity index (χ4v) is 2.91. The van der Waals surface area contributed by atoms with Gasteiger partial charge in [0.2, 0.25) is 5.91 Å². The Morgan fingerprint density at radius 3 is 2.73 bits per heavy atom. The third-order valence-electron chi connectivity index (χ3n) is 3.53. The normalized spacial score (nSPS) is 11.0. The summed E-state index contributed by atoms with van der Waals surface area (Å²) >= 11 is 1.65. The lowest BCUT2D eigenvalue weighted by atomic mass is 10.1. The zero-order chi connectivity index (χ0) is 15.9. The molecule has 0 atom stereocenters. The van der Waals surface area contributed by atoms with Gasteiger partial charge in [0.15, 0.2) is 0 Å². The van der Waals surface area contributed by atoms with Crippen molar-refractivity contribution in [1.82, 2.24) is 4.90 Å². The smallest absolute Gasteiger partial charge is 0.246 e.